The van der Waals surface area contributed by atoms with Crippen molar-refractivity contribution in [1.29, 1.82) is 0 Å². The molecule has 1 aromatic rings. The van der Waals surface area contributed by atoms with Crippen LogP contribution in [0.25, 0.3) is 0 Å². The van der Waals surface area contributed by atoms with Crippen LogP contribution >= 0.6 is 0 Å². The van der Waals surface area contributed by atoms with Gasteiger partial charge >= 0.3 is 0 Å². The zero-order chi connectivity index (χ0) is 18.2. The predicted molar refractivity (Wildman–Crippen MR) is 114 cm³/mol. The molecule has 0 N–H and O–H groups in total. The van der Waals surface area contributed by atoms with Crippen molar-refractivity contribution in [2.45, 2.75) is 90.9 Å². The SMILES string of the molecule is CCC[C@H]1CC[C@H](C2CCC(/C=C/CCc3ccc(C)cc3)CC2)CC1. The van der Waals surface area contributed by atoms with E-state index < -0.39 is 0 Å². The Morgan fingerprint density at radius 3 is 2.08 bits per heavy atom. The summed E-state index contributed by atoms with van der Waals surface area (Å²) < 4.78 is 0. The van der Waals surface area contributed by atoms with Crippen molar-refractivity contribution in [3.63, 3.8) is 0 Å². The molecule has 0 aromatic heterocycles. The Morgan fingerprint density at radius 1 is 0.846 bits per heavy atom. The maximum atomic E-state index is 2.54. The third-order valence-electron chi connectivity index (χ3n) is 7.20. The Kier molecular flexibility index (Phi) is 7.84. The van der Waals surface area contributed by atoms with Gasteiger partial charge in [-0.25, -0.2) is 0 Å². The Balaban J connectivity index is 1.33. The van der Waals surface area contributed by atoms with Crippen molar-refractivity contribution in [2.75, 3.05) is 0 Å². The van der Waals surface area contributed by atoms with Crippen molar-refractivity contribution >= 4 is 0 Å². The summed E-state index contributed by atoms with van der Waals surface area (Å²) in [6, 6.07) is 9.03. The molecule has 0 radical (unpaired) electrons. The fourth-order valence-electron chi connectivity index (χ4n) is 5.46. The molecule has 144 valence electrons. The molecule has 1 aromatic carbocycles. The molecule has 2 fully saturated rings. The molecule has 3 rings (SSSR count). The van der Waals surface area contributed by atoms with E-state index in [1.165, 1.54) is 88.2 Å². The standard InChI is InChI=1S/C26H40/c1-3-6-22-13-17-25(18-14-22)26-19-15-24(16-20-26)8-5-4-7-23-11-9-21(2)10-12-23/h5,8-12,22,24-26H,3-4,6-7,13-20H2,1-2H3/b8-5+/t22-,24?,25-,26?. The smallest absolute Gasteiger partial charge is 0.0233 e. The first-order valence-electron chi connectivity index (χ1n) is 11.5. The third-order valence-corrected chi connectivity index (χ3v) is 7.20. The van der Waals surface area contributed by atoms with Gasteiger partial charge in [0.15, 0.2) is 0 Å². The van der Waals surface area contributed by atoms with E-state index in [2.05, 4.69) is 50.3 Å². The fraction of sp³-hybridized carbons (Fsp3) is 0.692. The maximum Gasteiger partial charge on any atom is -0.0233 e. The topological polar surface area (TPSA) is 0 Å². The zero-order valence-electron chi connectivity index (χ0n) is 17.3. The van der Waals surface area contributed by atoms with Crippen molar-refractivity contribution in [3.8, 4) is 0 Å². The van der Waals surface area contributed by atoms with Crippen molar-refractivity contribution in [1.82, 2.24) is 0 Å². The van der Waals surface area contributed by atoms with E-state index in [9.17, 15) is 0 Å². The quantitative estimate of drug-likeness (QED) is 0.437. The molecule has 0 unspecified atom stereocenters. The molecule has 2 aliphatic rings. The highest BCUT2D eigenvalue weighted by atomic mass is 14.3. The molecule has 0 aliphatic heterocycles. The van der Waals surface area contributed by atoms with E-state index in [-0.39, 0.29) is 0 Å². The molecular formula is C26H40. The predicted octanol–water partition coefficient (Wildman–Crippen LogP) is 7.90. The van der Waals surface area contributed by atoms with Gasteiger partial charge in [0.05, 0.1) is 0 Å². The minimum absolute atomic E-state index is 0.862. The molecule has 26 heavy (non-hydrogen) atoms. The van der Waals surface area contributed by atoms with Crippen molar-refractivity contribution in [2.24, 2.45) is 23.7 Å². The molecule has 2 aliphatic carbocycles. The Labute approximate surface area is 162 Å². The van der Waals surface area contributed by atoms with Gasteiger partial charge in [0.25, 0.3) is 0 Å². The molecular weight excluding hydrogens is 312 g/mol. The maximum absolute atomic E-state index is 2.54. The first-order valence-corrected chi connectivity index (χ1v) is 11.5. The number of allylic oxidation sites excluding steroid dienone is 2. The molecule has 0 heteroatoms. The van der Waals surface area contributed by atoms with Crippen LogP contribution in [0.15, 0.2) is 36.4 Å². The first kappa shape index (κ1) is 19.7. The van der Waals surface area contributed by atoms with Crippen LogP contribution in [0.3, 0.4) is 0 Å². The second-order valence-electron chi connectivity index (χ2n) is 9.20. The van der Waals surface area contributed by atoms with Crippen molar-refractivity contribution in [3.05, 3.63) is 47.5 Å². The molecule has 0 nitrogen and oxygen atoms in total. The average Bonchev–Trinajstić information content (AvgIpc) is 2.68. The number of hydrogen-bond donors (Lipinski definition) is 0. The molecule has 0 heterocycles. The first-order chi connectivity index (χ1) is 12.7. The summed E-state index contributed by atoms with van der Waals surface area (Å²) in [5.74, 6) is 4.04. The van der Waals surface area contributed by atoms with Gasteiger partial charge in [-0.3, -0.25) is 0 Å². The van der Waals surface area contributed by atoms with Crippen LogP contribution in [0.1, 0.15) is 88.7 Å². The Hall–Kier alpha value is -1.04. The van der Waals surface area contributed by atoms with Crippen LogP contribution in [-0.2, 0) is 6.42 Å². The normalized spacial score (nSPS) is 29.9. The summed E-state index contributed by atoms with van der Waals surface area (Å²) in [4.78, 5) is 0. The molecule has 2 saturated carbocycles. The van der Waals surface area contributed by atoms with Gasteiger partial charge in [0, 0.05) is 0 Å². The van der Waals surface area contributed by atoms with Crippen LogP contribution in [0.4, 0.5) is 0 Å². The van der Waals surface area contributed by atoms with E-state index in [1.807, 2.05) is 0 Å². The van der Waals surface area contributed by atoms with E-state index in [0.717, 1.165) is 23.7 Å². The average molecular weight is 353 g/mol. The monoisotopic (exact) mass is 352 g/mol. The van der Waals surface area contributed by atoms with Crippen LogP contribution in [0.2, 0.25) is 0 Å². The lowest BCUT2D eigenvalue weighted by atomic mass is 9.68. The summed E-state index contributed by atoms with van der Waals surface area (Å²) in [5, 5.41) is 0. The van der Waals surface area contributed by atoms with Crippen LogP contribution in [0.5, 0.6) is 0 Å². The summed E-state index contributed by atoms with van der Waals surface area (Å²) >= 11 is 0. The van der Waals surface area contributed by atoms with Crippen LogP contribution < -0.4 is 0 Å². The van der Waals surface area contributed by atoms with Gasteiger partial charge in [-0.15, -0.1) is 0 Å². The summed E-state index contributed by atoms with van der Waals surface area (Å²) in [5.41, 5.74) is 2.84. The molecule has 0 bridgehead atoms. The summed E-state index contributed by atoms with van der Waals surface area (Å²) in [6.45, 7) is 4.51. The largest absolute Gasteiger partial charge is 0.0879 e. The summed E-state index contributed by atoms with van der Waals surface area (Å²) in [6.07, 6.45) is 22.3. The highest BCUT2D eigenvalue weighted by molar-refractivity contribution is 5.21. The Morgan fingerprint density at radius 2 is 1.46 bits per heavy atom. The molecule has 0 amide bonds. The number of rotatable bonds is 7. The van der Waals surface area contributed by atoms with Gasteiger partial charge in [-0.05, 0) is 87.5 Å². The lowest BCUT2D eigenvalue weighted by Gasteiger charge is -2.37. The molecule has 0 saturated heterocycles. The number of aryl methyl sites for hydroxylation is 2. The second-order valence-corrected chi connectivity index (χ2v) is 9.20. The van der Waals surface area contributed by atoms with E-state index in [1.54, 1.807) is 0 Å². The van der Waals surface area contributed by atoms with E-state index in [4.69, 9.17) is 0 Å². The van der Waals surface area contributed by atoms with Gasteiger partial charge in [-0.2, -0.15) is 0 Å². The van der Waals surface area contributed by atoms with Gasteiger partial charge in [0.1, 0.15) is 0 Å². The van der Waals surface area contributed by atoms with Crippen LogP contribution in [-0.4, -0.2) is 0 Å². The lowest BCUT2D eigenvalue weighted by Crippen LogP contribution is -2.25. The minimum Gasteiger partial charge on any atom is -0.0879 e. The van der Waals surface area contributed by atoms with Gasteiger partial charge < -0.3 is 0 Å². The summed E-state index contributed by atoms with van der Waals surface area (Å²) in [7, 11) is 0. The zero-order valence-corrected chi connectivity index (χ0v) is 17.3. The Bertz CT molecular complexity index is 522. The van der Waals surface area contributed by atoms with Crippen molar-refractivity contribution < 1.29 is 0 Å². The van der Waals surface area contributed by atoms with E-state index >= 15 is 0 Å². The molecule has 0 atom stereocenters. The third kappa shape index (κ3) is 6.00. The lowest BCUT2D eigenvalue weighted by molar-refractivity contribution is 0.152. The van der Waals surface area contributed by atoms with Gasteiger partial charge in [-0.1, -0.05) is 74.6 Å². The van der Waals surface area contributed by atoms with Gasteiger partial charge in [0.2, 0.25) is 0 Å². The highest BCUT2D eigenvalue weighted by Gasteiger charge is 2.29. The molecule has 0 spiro atoms. The van der Waals surface area contributed by atoms with Crippen LogP contribution in [0, 0.1) is 30.6 Å². The highest BCUT2D eigenvalue weighted by Crippen LogP contribution is 2.42. The van der Waals surface area contributed by atoms with E-state index in [0.29, 0.717) is 0 Å². The minimum atomic E-state index is 0.862. The second kappa shape index (κ2) is 10.3. The fourth-order valence-corrected chi connectivity index (χ4v) is 5.46. The number of benzene rings is 1. The number of hydrogen-bond acceptors (Lipinski definition) is 0.